The summed E-state index contributed by atoms with van der Waals surface area (Å²) >= 11 is 12.0. The Hall–Kier alpha value is 0.500. The van der Waals surface area contributed by atoms with Crippen molar-refractivity contribution in [1.82, 2.24) is 0 Å². The van der Waals surface area contributed by atoms with Crippen molar-refractivity contribution in [1.29, 1.82) is 0 Å². The van der Waals surface area contributed by atoms with Crippen molar-refractivity contribution in [2.45, 2.75) is 36.8 Å². The Bertz CT molecular complexity index is 140. The van der Waals surface area contributed by atoms with Crippen molar-refractivity contribution in [3.05, 3.63) is 0 Å². The van der Waals surface area contributed by atoms with Gasteiger partial charge in [-0.15, -0.1) is 0 Å². The summed E-state index contributed by atoms with van der Waals surface area (Å²) in [6.45, 7) is 0. The third kappa shape index (κ3) is 3.27. The van der Waals surface area contributed by atoms with Gasteiger partial charge in [-0.2, -0.15) is 0 Å². The van der Waals surface area contributed by atoms with Gasteiger partial charge in [0.05, 0.1) is 0 Å². The van der Waals surface area contributed by atoms with E-state index in [1.807, 2.05) is 0 Å². The summed E-state index contributed by atoms with van der Waals surface area (Å²) in [7, 11) is 3.31. The molecule has 1 saturated carbocycles. The Kier molecular flexibility index (Phi) is 5.53. The normalized spacial score (nSPS) is 32.6. The van der Waals surface area contributed by atoms with Crippen LogP contribution >= 0.6 is 23.2 Å². The van der Waals surface area contributed by atoms with Crippen LogP contribution in [0, 0.1) is 11.8 Å². The number of ether oxygens (including phenoxy) is 2. The molecule has 2 nitrogen and oxygen atoms in total. The highest BCUT2D eigenvalue weighted by Gasteiger charge is 2.29. The molecule has 0 saturated heterocycles. The molecule has 14 heavy (non-hydrogen) atoms. The van der Waals surface area contributed by atoms with Crippen LogP contribution in [0.25, 0.3) is 0 Å². The summed E-state index contributed by atoms with van der Waals surface area (Å²) in [4.78, 5) is 0. The molecule has 2 atom stereocenters. The van der Waals surface area contributed by atoms with Gasteiger partial charge in [-0.3, -0.25) is 0 Å². The summed E-state index contributed by atoms with van der Waals surface area (Å²) in [6.07, 6.45) is 4.33. The monoisotopic (exact) mass is 240 g/mol. The Labute approximate surface area is 95.9 Å². The summed E-state index contributed by atoms with van der Waals surface area (Å²) < 4.78 is 10.2. The Morgan fingerprint density at radius 3 is 1.36 bits per heavy atom. The van der Waals surface area contributed by atoms with Gasteiger partial charge in [0.15, 0.2) is 0 Å². The smallest absolute Gasteiger partial charge is 0.133 e. The van der Waals surface area contributed by atoms with Gasteiger partial charge in [0.1, 0.15) is 11.1 Å². The number of hydrogen-bond donors (Lipinski definition) is 0. The molecule has 1 rings (SSSR count). The van der Waals surface area contributed by atoms with Gasteiger partial charge in [0.2, 0.25) is 0 Å². The van der Waals surface area contributed by atoms with E-state index in [2.05, 4.69) is 0 Å². The van der Waals surface area contributed by atoms with E-state index in [9.17, 15) is 0 Å². The first kappa shape index (κ1) is 12.6. The minimum atomic E-state index is -0.146. The quantitative estimate of drug-likeness (QED) is 0.703. The molecular weight excluding hydrogens is 223 g/mol. The SMILES string of the molecule is COC(Cl)C1CCC(C(Cl)OC)CC1. The Balaban J connectivity index is 2.31. The summed E-state index contributed by atoms with van der Waals surface area (Å²) in [5.74, 6) is 0.942. The molecule has 0 spiro atoms. The van der Waals surface area contributed by atoms with Crippen molar-refractivity contribution < 1.29 is 9.47 Å². The highest BCUT2D eigenvalue weighted by Crippen LogP contribution is 2.36. The number of halogens is 2. The maximum Gasteiger partial charge on any atom is 0.133 e. The molecule has 0 aliphatic heterocycles. The second-order valence-electron chi connectivity index (χ2n) is 3.85. The molecule has 1 fully saturated rings. The zero-order valence-electron chi connectivity index (χ0n) is 8.71. The fraction of sp³-hybridized carbons (Fsp3) is 1.00. The first-order valence-electron chi connectivity index (χ1n) is 5.02. The van der Waals surface area contributed by atoms with Crippen LogP contribution in [0.5, 0.6) is 0 Å². The molecule has 0 aromatic heterocycles. The molecule has 0 N–H and O–H groups in total. The van der Waals surface area contributed by atoms with E-state index in [4.69, 9.17) is 32.7 Å². The van der Waals surface area contributed by atoms with Gasteiger partial charge >= 0.3 is 0 Å². The fourth-order valence-electron chi connectivity index (χ4n) is 2.05. The Morgan fingerprint density at radius 1 is 0.857 bits per heavy atom. The van der Waals surface area contributed by atoms with Gasteiger partial charge in [-0.1, -0.05) is 23.2 Å². The van der Waals surface area contributed by atoms with Gasteiger partial charge < -0.3 is 9.47 Å². The highest BCUT2D eigenvalue weighted by atomic mass is 35.5. The number of rotatable bonds is 4. The van der Waals surface area contributed by atoms with Crippen molar-refractivity contribution in [3.63, 3.8) is 0 Å². The first-order chi connectivity index (χ1) is 6.69. The van der Waals surface area contributed by atoms with Crippen LogP contribution in [0.1, 0.15) is 25.7 Å². The number of methoxy groups -OCH3 is 2. The molecule has 1 aliphatic rings. The first-order valence-corrected chi connectivity index (χ1v) is 5.90. The van der Waals surface area contributed by atoms with E-state index in [1.54, 1.807) is 14.2 Å². The minimum Gasteiger partial charge on any atom is -0.365 e. The standard InChI is InChI=1S/C10H18Cl2O2/c1-13-9(11)7-3-5-8(6-4-7)10(12)14-2/h7-10H,3-6H2,1-2H3. The van der Waals surface area contributed by atoms with Gasteiger partial charge in [0.25, 0.3) is 0 Å². The van der Waals surface area contributed by atoms with E-state index in [0.29, 0.717) is 11.8 Å². The molecule has 84 valence electrons. The van der Waals surface area contributed by atoms with E-state index >= 15 is 0 Å². The Morgan fingerprint density at radius 2 is 1.14 bits per heavy atom. The van der Waals surface area contributed by atoms with Gasteiger partial charge in [0, 0.05) is 14.2 Å². The molecular formula is C10H18Cl2O2. The van der Waals surface area contributed by atoms with Crippen LogP contribution in [0.2, 0.25) is 0 Å². The lowest BCUT2D eigenvalue weighted by Gasteiger charge is -2.32. The molecule has 0 radical (unpaired) electrons. The minimum absolute atomic E-state index is 0.146. The average molecular weight is 241 g/mol. The van der Waals surface area contributed by atoms with Crippen molar-refractivity contribution in [3.8, 4) is 0 Å². The van der Waals surface area contributed by atoms with Crippen LogP contribution in [-0.4, -0.2) is 25.3 Å². The molecule has 0 heterocycles. The molecule has 4 heteroatoms. The van der Waals surface area contributed by atoms with Crippen LogP contribution < -0.4 is 0 Å². The summed E-state index contributed by atoms with van der Waals surface area (Å²) in [5, 5.41) is 0. The molecule has 0 amide bonds. The average Bonchev–Trinajstić information content (AvgIpc) is 2.27. The summed E-state index contributed by atoms with van der Waals surface area (Å²) in [6, 6.07) is 0. The lowest BCUT2D eigenvalue weighted by molar-refractivity contribution is 0.0530. The van der Waals surface area contributed by atoms with E-state index in [-0.39, 0.29) is 11.1 Å². The zero-order chi connectivity index (χ0) is 10.6. The van der Waals surface area contributed by atoms with E-state index in [1.165, 1.54) is 0 Å². The van der Waals surface area contributed by atoms with Crippen molar-refractivity contribution >= 4 is 23.2 Å². The van der Waals surface area contributed by atoms with Gasteiger partial charge in [-0.25, -0.2) is 0 Å². The van der Waals surface area contributed by atoms with Crippen LogP contribution in [0.3, 0.4) is 0 Å². The maximum atomic E-state index is 6.02. The molecule has 0 aromatic rings. The molecule has 1 aliphatic carbocycles. The topological polar surface area (TPSA) is 18.5 Å². The van der Waals surface area contributed by atoms with Crippen molar-refractivity contribution in [2.75, 3.05) is 14.2 Å². The van der Waals surface area contributed by atoms with E-state index < -0.39 is 0 Å². The fourth-order valence-corrected chi connectivity index (χ4v) is 2.56. The maximum absolute atomic E-state index is 6.02. The van der Waals surface area contributed by atoms with Crippen LogP contribution in [0.15, 0.2) is 0 Å². The number of hydrogen-bond acceptors (Lipinski definition) is 2. The molecule has 2 unspecified atom stereocenters. The predicted octanol–water partition coefficient (Wildman–Crippen LogP) is 3.22. The number of alkyl halides is 2. The second-order valence-corrected chi connectivity index (χ2v) is 4.71. The second kappa shape index (κ2) is 6.16. The lowest BCUT2D eigenvalue weighted by Crippen LogP contribution is -2.27. The predicted molar refractivity (Wildman–Crippen MR) is 58.7 cm³/mol. The van der Waals surface area contributed by atoms with Crippen molar-refractivity contribution in [2.24, 2.45) is 11.8 Å². The van der Waals surface area contributed by atoms with E-state index in [0.717, 1.165) is 25.7 Å². The highest BCUT2D eigenvalue weighted by molar-refractivity contribution is 6.20. The molecule has 0 aromatic carbocycles. The lowest BCUT2D eigenvalue weighted by atomic mass is 9.82. The van der Waals surface area contributed by atoms with Crippen LogP contribution in [-0.2, 0) is 9.47 Å². The van der Waals surface area contributed by atoms with Gasteiger partial charge in [-0.05, 0) is 37.5 Å². The summed E-state index contributed by atoms with van der Waals surface area (Å²) in [5.41, 5.74) is -0.292. The third-order valence-corrected chi connectivity index (χ3v) is 4.08. The third-order valence-electron chi connectivity index (χ3n) is 3.01. The molecule has 0 bridgehead atoms. The zero-order valence-corrected chi connectivity index (χ0v) is 10.2. The van der Waals surface area contributed by atoms with Crippen LogP contribution in [0.4, 0.5) is 0 Å². The largest absolute Gasteiger partial charge is 0.365 e.